The number of carbonyl (C=O) groups is 3. The smallest absolute Gasteiger partial charge is 0.339 e. The molecule has 4 rings (SSSR count). The number of hydrogen-bond donors (Lipinski definition) is 0. The maximum atomic E-state index is 13.3. The number of fused-ring (bicyclic) bond motifs is 3. The van der Waals surface area contributed by atoms with E-state index in [4.69, 9.17) is 18.9 Å². The minimum absolute atomic E-state index is 0.0115. The number of benzene rings is 2. The van der Waals surface area contributed by atoms with Crippen molar-refractivity contribution in [2.24, 2.45) is 0 Å². The van der Waals surface area contributed by atoms with Gasteiger partial charge in [0.2, 0.25) is 0 Å². The van der Waals surface area contributed by atoms with Crippen LogP contribution in [0.15, 0.2) is 54.1 Å². The van der Waals surface area contributed by atoms with E-state index in [9.17, 15) is 14.4 Å². The van der Waals surface area contributed by atoms with Crippen LogP contribution in [0.5, 0.6) is 5.75 Å². The molecule has 0 N–H and O–H groups in total. The van der Waals surface area contributed by atoms with Crippen molar-refractivity contribution < 1.29 is 33.3 Å². The zero-order valence-corrected chi connectivity index (χ0v) is 17.5. The Balaban J connectivity index is 2.05. The molecule has 8 heteroatoms. The third-order valence-corrected chi connectivity index (χ3v) is 5.75. The summed E-state index contributed by atoms with van der Waals surface area (Å²) in [6.45, 7) is 0. The molecule has 1 aliphatic carbocycles. The molecule has 2 aromatic carbocycles. The predicted molar refractivity (Wildman–Crippen MR) is 110 cm³/mol. The summed E-state index contributed by atoms with van der Waals surface area (Å²) in [7, 11) is 5.22. The van der Waals surface area contributed by atoms with Gasteiger partial charge in [0.1, 0.15) is 5.75 Å². The molecule has 0 radical (unpaired) electrons. The van der Waals surface area contributed by atoms with E-state index in [1.807, 2.05) is 12.1 Å². The van der Waals surface area contributed by atoms with Gasteiger partial charge in [-0.15, -0.1) is 0 Å². The summed E-state index contributed by atoms with van der Waals surface area (Å²) in [6.07, 6.45) is 0. The fourth-order valence-electron chi connectivity index (χ4n) is 4.44. The lowest BCUT2D eigenvalue weighted by atomic mass is 9.78. The predicted octanol–water partition coefficient (Wildman–Crippen LogP) is 2.28. The minimum atomic E-state index is -1.56. The van der Waals surface area contributed by atoms with E-state index < -0.39 is 29.5 Å². The molecule has 0 bridgehead atoms. The van der Waals surface area contributed by atoms with Gasteiger partial charge in [-0.2, -0.15) is 0 Å². The second kappa shape index (κ2) is 7.46. The van der Waals surface area contributed by atoms with E-state index >= 15 is 0 Å². The first-order valence-electron chi connectivity index (χ1n) is 9.49. The van der Waals surface area contributed by atoms with Crippen LogP contribution in [0.1, 0.15) is 17.2 Å². The van der Waals surface area contributed by atoms with Crippen molar-refractivity contribution in [3.63, 3.8) is 0 Å². The van der Waals surface area contributed by atoms with Crippen LogP contribution in [0, 0.1) is 0 Å². The number of anilines is 1. The van der Waals surface area contributed by atoms with Crippen molar-refractivity contribution in [2.75, 3.05) is 33.3 Å². The van der Waals surface area contributed by atoms with Crippen molar-refractivity contribution in [1.82, 2.24) is 0 Å². The average molecular weight is 423 g/mol. The lowest BCUT2D eigenvalue weighted by Gasteiger charge is -2.24. The van der Waals surface area contributed by atoms with Crippen molar-refractivity contribution in [3.8, 4) is 5.75 Å². The van der Waals surface area contributed by atoms with E-state index in [2.05, 4.69) is 0 Å². The lowest BCUT2D eigenvalue weighted by Crippen LogP contribution is -2.40. The third-order valence-electron chi connectivity index (χ3n) is 5.75. The summed E-state index contributed by atoms with van der Waals surface area (Å²) < 4.78 is 20.3. The summed E-state index contributed by atoms with van der Waals surface area (Å²) in [5, 5.41) is 0. The molecular formula is C23H21NO7. The average Bonchev–Trinajstić information content (AvgIpc) is 3.52. The van der Waals surface area contributed by atoms with Crippen molar-refractivity contribution in [2.45, 2.75) is 11.6 Å². The highest BCUT2D eigenvalue weighted by Gasteiger charge is 2.76. The van der Waals surface area contributed by atoms with Gasteiger partial charge >= 0.3 is 17.9 Å². The monoisotopic (exact) mass is 423 g/mol. The Bertz CT molecular complexity index is 1110. The number of rotatable bonds is 5. The zero-order chi connectivity index (χ0) is 22.3. The normalized spacial score (nSPS) is 20.9. The molecule has 2 aliphatic rings. The maximum absolute atomic E-state index is 13.3. The lowest BCUT2D eigenvalue weighted by molar-refractivity contribution is -0.145. The van der Waals surface area contributed by atoms with Crippen LogP contribution >= 0.6 is 0 Å². The molecule has 31 heavy (non-hydrogen) atoms. The van der Waals surface area contributed by atoms with Gasteiger partial charge < -0.3 is 23.8 Å². The molecule has 0 amide bonds. The molecule has 1 saturated heterocycles. The summed E-state index contributed by atoms with van der Waals surface area (Å²) in [6, 6.07) is 13.6. The van der Waals surface area contributed by atoms with Crippen molar-refractivity contribution in [1.29, 1.82) is 0 Å². The quantitative estimate of drug-likeness (QED) is 0.411. The first-order valence-corrected chi connectivity index (χ1v) is 9.49. The molecule has 160 valence electrons. The van der Waals surface area contributed by atoms with Gasteiger partial charge in [-0.05, 0) is 35.4 Å². The number of hydrogen-bond acceptors (Lipinski definition) is 8. The Labute approximate surface area is 179 Å². The zero-order valence-electron chi connectivity index (χ0n) is 17.5. The third kappa shape index (κ3) is 2.71. The second-order valence-corrected chi connectivity index (χ2v) is 7.05. The SMILES string of the molecule is COC(=O)C1=C(C(=O)OC)C2(C(=O)OC)C(c3ccccc31)N2c1ccc(OC)cc1. The van der Waals surface area contributed by atoms with E-state index in [0.29, 0.717) is 22.6 Å². The van der Waals surface area contributed by atoms with Gasteiger partial charge in [0, 0.05) is 5.69 Å². The number of ether oxygens (including phenoxy) is 4. The standard InChI is InChI=1S/C23H21NO7/c1-28-14-11-9-13(10-12-14)24-19-16-8-6-5-7-15(16)17(20(25)29-2)18(21(26)30-3)23(19,24)22(27)31-4/h5-12,19H,1-4H3. The van der Waals surface area contributed by atoms with Crippen LogP contribution in [0.4, 0.5) is 5.69 Å². The van der Waals surface area contributed by atoms with Gasteiger partial charge in [-0.1, -0.05) is 24.3 Å². The van der Waals surface area contributed by atoms with Gasteiger partial charge in [0.05, 0.1) is 45.6 Å². The number of esters is 3. The molecule has 2 aromatic rings. The Morgan fingerprint density at radius 3 is 2.06 bits per heavy atom. The molecule has 1 aliphatic heterocycles. The highest BCUT2D eigenvalue weighted by atomic mass is 16.5. The van der Waals surface area contributed by atoms with E-state index in [-0.39, 0.29) is 11.1 Å². The summed E-state index contributed by atoms with van der Waals surface area (Å²) in [5.41, 5.74) is 0.190. The van der Waals surface area contributed by atoms with Crippen molar-refractivity contribution in [3.05, 3.63) is 65.2 Å². The molecule has 8 nitrogen and oxygen atoms in total. The Hall–Kier alpha value is -3.81. The Kier molecular flexibility index (Phi) is 4.93. The van der Waals surface area contributed by atoms with Gasteiger partial charge in [-0.3, -0.25) is 0 Å². The van der Waals surface area contributed by atoms with Gasteiger partial charge in [-0.25, -0.2) is 14.4 Å². The number of nitrogens with zero attached hydrogens (tertiary/aromatic N) is 1. The number of methoxy groups -OCH3 is 4. The highest BCUT2D eigenvalue weighted by molar-refractivity contribution is 6.29. The van der Waals surface area contributed by atoms with Gasteiger partial charge in [0.15, 0.2) is 5.54 Å². The van der Waals surface area contributed by atoms with Crippen LogP contribution < -0.4 is 9.64 Å². The van der Waals surface area contributed by atoms with Crippen LogP contribution in [-0.4, -0.2) is 51.9 Å². The Morgan fingerprint density at radius 1 is 0.839 bits per heavy atom. The minimum Gasteiger partial charge on any atom is -0.497 e. The maximum Gasteiger partial charge on any atom is 0.339 e. The highest BCUT2D eigenvalue weighted by Crippen LogP contribution is 2.65. The molecule has 2 unspecified atom stereocenters. The summed E-state index contributed by atoms with van der Waals surface area (Å²) in [5.74, 6) is -1.58. The molecule has 2 atom stereocenters. The fraction of sp³-hybridized carbons (Fsp3) is 0.261. The van der Waals surface area contributed by atoms with Gasteiger partial charge in [0.25, 0.3) is 0 Å². The van der Waals surface area contributed by atoms with Crippen LogP contribution in [0.25, 0.3) is 5.57 Å². The largest absolute Gasteiger partial charge is 0.497 e. The van der Waals surface area contributed by atoms with Crippen LogP contribution in [0.3, 0.4) is 0 Å². The first kappa shape index (κ1) is 20.5. The molecule has 1 fully saturated rings. The molecule has 1 heterocycles. The topological polar surface area (TPSA) is 91.1 Å². The van der Waals surface area contributed by atoms with Crippen LogP contribution in [-0.2, 0) is 28.6 Å². The first-order chi connectivity index (χ1) is 15.0. The van der Waals surface area contributed by atoms with Crippen molar-refractivity contribution >= 4 is 29.2 Å². The number of carbonyl (C=O) groups excluding carboxylic acids is 3. The summed E-state index contributed by atoms with van der Waals surface area (Å²) >= 11 is 0. The summed E-state index contributed by atoms with van der Waals surface area (Å²) in [4.78, 5) is 40.8. The van der Waals surface area contributed by atoms with E-state index in [0.717, 1.165) is 0 Å². The second-order valence-electron chi connectivity index (χ2n) is 7.05. The van der Waals surface area contributed by atoms with E-state index in [1.165, 1.54) is 21.3 Å². The molecule has 0 spiro atoms. The molecule has 0 saturated carbocycles. The van der Waals surface area contributed by atoms with E-state index in [1.54, 1.807) is 48.4 Å². The van der Waals surface area contributed by atoms with Crippen LogP contribution in [0.2, 0.25) is 0 Å². The Morgan fingerprint density at radius 2 is 1.48 bits per heavy atom. The molecular weight excluding hydrogens is 402 g/mol. The molecule has 0 aromatic heterocycles. The fourth-order valence-corrected chi connectivity index (χ4v) is 4.44.